The molecule has 21 heavy (non-hydrogen) atoms. The van der Waals surface area contributed by atoms with Crippen LogP contribution in [0.3, 0.4) is 0 Å². The van der Waals surface area contributed by atoms with Crippen molar-refractivity contribution in [2.75, 3.05) is 6.54 Å². The highest BCUT2D eigenvalue weighted by molar-refractivity contribution is 5.66. The Balaban J connectivity index is 1.73. The highest BCUT2D eigenvalue weighted by Crippen LogP contribution is 2.33. The van der Waals surface area contributed by atoms with Crippen LogP contribution in [0.5, 0.6) is 0 Å². The van der Waals surface area contributed by atoms with Crippen molar-refractivity contribution in [2.45, 2.75) is 44.4 Å². The molecule has 0 spiro atoms. The van der Waals surface area contributed by atoms with Gasteiger partial charge in [0.05, 0.1) is 0 Å². The van der Waals surface area contributed by atoms with Crippen LogP contribution in [0.1, 0.15) is 25.3 Å². The molecule has 0 amide bonds. The third kappa shape index (κ3) is 2.72. The fourth-order valence-electron chi connectivity index (χ4n) is 3.06. The first-order chi connectivity index (χ1) is 9.97. The fourth-order valence-corrected chi connectivity index (χ4v) is 3.06. The summed E-state index contributed by atoms with van der Waals surface area (Å²) >= 11 is 0. The van der Waals surface area contributed by atoms with Crippen molar-refractivity contribution in [1.29, 1.82) is 0 Å². The molecular weight excluding hydrogens is 278 g/mol. The maximum absolute atomic E-state index is 13.6. The standard InChI is InChI=1S/C15H18F2N2O2/c1-15(16,17)13-8-7-12-9-18(13)14(20)19(12)21-10-11-5-3-2-4-6-11/h2-6,12-13H,7-10H2,1H3/p+1/t12-,13+/m1/s1. The summed E-state index contributed by atoms with van der Waals surface area (Å²) in [6.07, 6.45) is 0.937. The number of halogens is 2. The summed E-state index contributed by atoms with van der Waals surface area (Å²) in [5, 5.41) is 11.6. The minimum absolute atomic E-state index is 0.0627. The number of fused-ring (bicyclic) bond motifs is 2. The summed E-state index contributed by atoms with van der Waals surface area (Å²) < 4.78 is 28.5. The summed E-state index contributed by atoms with van der Waals surface area (Å²) in [4.78, 5) is 5.64. The molecule has 0 saturated carbocycles. The molecule has 2 bridgehead atoms. The van der Waals surface area contributed by atoms with E-state index in [4.69, 9.17) is 4.84 Å². The number of hydrogen-bond acceptors (Lipinski definition) is 2. The van der Waals surface area contributed by atoms with Crippen LogP contribution in [0.2, 0.25) is 0 Å². The van der Waals surface area contributed by atoms with Crippen LogP contribution in [0.4, 0.5) is 8.78 Å². The van der Waals surface area contributed by atoms with E-state index in [0.717, 1.165) is 12.5 Å². The van der Waals surface area contributed by atoms with Crippen LogP contribution in [0.25, 0.3) is 0 Å². The number of hydrogen-bond donors (Lipinski definition) is 1. The van der Waals surface area contributed by atoms with Gasteiger partial charge in [-0.2, -0.15) is 4.84 Å². The SMILES string of the molecule is CC(F)(F)[C@@H]1CC[C@@H]2C[N+]1=C(O)N2OCc1ccccc1. The Morgan fingerprint density at radius 3 is 2.71 bits per heavy atom. The molecule has 114 valence electrons. The maximum Gasteiger partial charge on any atom is 0.476 e. The maximum atomic E-state index is 13.6. The Morgan fingerprint density at radius 2 is 2.05 bits per heavy atom. The Morgan fingerprint density at radius 1 is 1.33 bits per heavy atom. The lowest BCUT2D eigenvalue weighted by molar-refractivity contribution is -0.597. The number of benzene rings is 1. The first-order valence-electron chi connectivity index (χ1n) is 7.13. The molecule has 4 nitrogen and oxygen atoms in total. The van der Waals surface area contributed by atoms with Crippen LogP contribution in [-0.4, -0.2) is 45.3 Å². The lowest BCUT2D eigenvalue weighted by atomic mass is 9.97. The summed E-state index contributed by atoms with van der Waals surface area (Å²) in [5.74, 6) is -2.84. The Hall–Kier alpha value is -1.69. The quantitative estimate of drug-likeness (QED) is 0.868. The fraction of sp³-hybridized carbons (Fsp3) is 0.533. The lowest BCUT2D eigenvalue weighted by Gasteiger charge is -2.26. The average molecular weight is 297 g/mol. The van der Waals surface area contributed by atoms with Gasteiger partial charge in [-0.05, 0) is 18.4 Å². The highest BCUT2D eigenvalue weighted by atomic mass is 19.3. The number of rotatable bonds is 4. The van der Waals surface area contributed by atoms with E-state index in [1.54, 1.807) is 0 Å². The average Bonchev–Trinajstić information content (AvgIpc) is 2.68. The van der Waals surface area contributed by atoms with E-state index in [1.807, 2.05) is 30.3 Å². The molecule has 1 fully saturated rings. The third-order valence-electron chi connectivity index (χ3n) is 4.14. The molecule has 3 rings (SSSR count). The van der Waals surface area contributed by atoms with Crippen molar-refractivity contribution in [1.82, 2.24) is 5.06 Å². The smallest absolute Gasteiger partial charge is 0.445 e. The number of amidine groups is 1. The van der Waals surface area contributed by atoms with Crippen molar-refractivity contribution < 1.29 is 23.3 Å². The molecule has 2 heterocycles. The second kappa shape index (κ2) is 5.26. The van der Waals surface area contributed by atoms with Gasteiger partial charge in [-0.3, -0.25) is 0 Å². The Bertz CT molecular complexity index is 542. The topological polar surface area (TPSA) is 35.7 Å². The zero-order chi connectivity index (χ0) is 15.0. The van der Waals surface area contributed by atoms with E-state index < -0.39 is 12.0 Å². The second-order valence-electron chi connectivity index (χ2n) is 5.74. The van der Waals surface area contributed by atoms with Gasteiger partial charge in [0.15, 0.2) is 12.1 Å². The summed E-state index contributed by atoms with van der Waals surface area (Å²) in [7, 11) is 0. The van der Waals surface area contributed by atoms with E-state index in [0.29, 0.717) is 26.0 Å². The minimum Gasteiger partial charge on any atom is -0.445 e. The van der Waals surface area contributed by atoms with Crippen LogP contribution < -0.4 is 0 Å². The normalized spacial score (nSPS) is 25.6. The molecule has 0 unspecified atom stereocenters. The summed E-state index contributed by atoms with van der Waals surface area (Å²) in [6, 6.07) is 8.34. The van der Waals surface area contributed by atoms with Crippen LogP contribution in [0.15, 0.2) is 30.3 Å². The molecule has 6 heteroatoms. The Kier molecular flexibility index (Phi) is 3.57. The monoisotopic (exact) mass is 297 g/mol. The van der Waals surface area contributed by atoms with Crippen molar-refractivity contribution in [3.8, 4) is 0 Å². The number of aliphatic hydroxyl groups is 1. The molecule has 1 N–H and O–H groups in total. The largest absolute Gasteiger partial charge is 0.476 e. The molecule has 0 radical (unpaired) electrons. The third-order valence-corrected chi connectivity index (χ3v) is 4.14. The van der Waals surface area contributed by atoms with Crippen LogP contribution in [0, 0.1) is 0 Å². The van der Waals surface area contributed by atoms with Crippen LogP contribution in [-0.2, 0) is 11.4 Å². The van der Waals surface area contributed by atoms with E-state index in [9.17, 15) is 13.9 Å². The van der Waals surface area contributed by atoms with Crippen molar-refractivity contribution in [2.24, 2.45) is 0 Å². The number of piperidine rings is 1. The van der Waals surface area contributed by atoms with Gasteiger partial charge in [-0.25, -0.2) is 13.4 Å². The molecule has 1 aromatic rings. The van der Waals surface area contributed by atoms with Gasteiger partial charge in [-0.1, -0.05) is 35.4 Å². The zero-order valence-corrected chi connectivity index (χ0v) is 11.9. The minimum atomic E-state index is -2.84. The molecular formula is C15H19F2N2O2+. The molecule has 2 aliphatic heterocycles. The van der Waals surface area contributed by atoms with Crippen molar-refractivity contribution in [3.05, 3.63) is 35.9 Å². The van der Waals surface area contributed by atoms with Gasteiger partial charge in [0.2, 0.25) is 0 Å². The highest BCUT2D eigenvalue weighted by Gasteiger charge is 2.54. The molecule has 2 atom stereocenters. The Labute approximate surface area is 122 Å². The van der Waals surface area contributed by atoms with Gasteiger partial charge in [-0.15, -0.1) is 0 Å². The summed E-state index contributed by atoms with van der Waals surface area (Å²) in [6.45, 7) is 1.59. The van der Waals surface area contributed by atoms with Crippen molar-refractivity contribution in [3.63, 3.8) is 0 Å². The molecule has 0 aromatic heterocycles. The van der Waals surface area contributed by atoms with Gasteiger partial charge in [0.25, 0.3) is 5.92 Å². The van der Waals surface area contributed by atoms with Crippen molar-refractivity contribution >= 4 is 6.02 Å². The van der Waals surface area contributed by atoms with E-state index in [2.05, 4.69) is 0 Å². The lowest BCUT2D eigenvalue weighted by Crippen LogP contribution is -2.45. The second-order valence-corrected chi connectivity index (χ2v) is 5.74. The number of aliphatic hydroxyl groups excluding tert-OH is 1. The predicted molar refractivity (Wildman–Crippen MR) is 73.3 cm³/mol. The molecule has 1 aromatic carbocycles. The summed E-state index contributed by atoms with van der Waals surface area (Å²) in [5.41, 5.74) is 0.971. The van der Waals surface area contributed by atoms with Gasteiger partial charge in [0.1, 0.15) is 13.2 Å². The number of nitrogens with zero attached hydrogens (tertiary/aromatic N) is 2. The van der Waals surface area contributed by atoms with E-state index in [1.165, 1.54) is 9.64 Å². The van der Waals surface area contributed by atoms with Gasteiger partial charge in [0, 0.05) is 6.92 Å². The molecule has 0 aliphatic carbocycles. The van der Waals surface area contributed by atoms with Crippen LogP contribution >= 0.6 is 0 Å². The molecule has 1 saturated heterocycles. The van der Waals surface area contributed by atoms with E-state index >= 15 is 0 Å². The predicted octanol–water partition coefficient (Wildman–Crippen LogP) is 2.55. The molecule has 2 aliphatic rings. The number of alkyl halides is 2. The first kappa shape index (κ1) is 14.3. The van der Waals surface area contributed by atoms with E-state index in [-0.39, 0.29) is 12.1 Å². The van der Waals surface area contributed by atoms with Gasteiger partial charge >= 0.3 is 6.02 Å². The van der Waals surface area contributed by atoms with Gasteiger partial charge < -0.3 is 5.11 Å². The first-order valence-corrected chi connectivity index (χ1v) is 7.13. The number of hydroxylamine groups is 2. The zero-order valence-electron chi connectivity index (χ0n) is 11.9.